The van der Waals surface area contributed by atoms with Crippen LogP contribution in [0.15, 0.2) is 24.3 Å². The Hall–Kier alpha value is -2.19. The molecule has 0 amide bonds. The van der Waals surface area contributed by atoms with E-state index in [2.05, 4.69) is 0 Å². The van der Waals surface area contributed by atoms with Gasteiger partial charge in [-0.1, -0.05) is 38.2 Å². The minimum absolute atomic E-state index is 0.0508. The number of carbonyl (C=O) groups is 3. The molecular formula is C22H34O8. The maximum Gasteiger partial charge on any atom is 0.312 e. The van der Waals surface area contributed by atoms with Gasteiger partial charge in [-0.15, -0.1) is 0 Å². The van der Waals surface area contributed by atoms with Gasteiger partial charge in [-0.3, -0.25) is 14.4 Å². The van der Waals surface area contributed by atoms with Gasteiger partial charge >= 0.3 is 17.9 Å². The molecule has 0 unspecified atom stereocenters. The monoisotopic (exact) mass is 426 g/mol. The van der Waals surface area contributed by atoms with Gasteiger partial charge in [-0.05, 0) is 6.92 Å². The predicted octanol–water partition coefficient (Wildman–Crippen LogP) is 2.46. The molecule has 0 aromatic carbocycles. The minimum Gasteiger partial charge on any atom is -0.465 e. The molecule has 1 rings (SSSR count). The third kappa shape index (κ3) is 9.54. The molecule has 5 atom stereocenters. The summed E-state index contributed by atoms with van der Waals surface area (Å²) in [5, 5.41) is 0. The number of hydrogen-bond donors (Lipinski definition) is 0. The zero-order valence-electron chi connectivity index (χ0n) is 18.5. The van der Waals surface area contributed by atoms with Crippen LogP contribution in [0.5, 0.6) is 0 Å². The van der Waals surface area contributed by atoms with Crippen molar-refractivity contribution in [2.75, 3.05) is 34.0 Å². The van der Waals surface area contributed by atoms with Crippen molar-refractivity contribution in [3.8, 4) is 0 Å². The number of esters is 3. The van der Waals surface area contributed by atoms with Crippen molar-refractivity contribution in [2.45, 2.75) is 45.8 Å². The second kappa shape index (κ2) is 13.9. The van der Waals surface area contributed by atoms with Crippen molar-refractivity contribution in [1.29, 1.82) is 0 Å². The molecule has 0 bridgehead atoms. The summed E-state index contributed by atoms with van der Waals surface area (Å²) in [6.45, 7) is 5.56. The molecule has 0 aliphatic carbocycles. The number of cyclic esters (lactones) is 3. The van der Waals surface area contributed by atoms with Crippen molar-refractivity contribution in [3.05, 3.63) is 24.3 Å². The topological polar surface area (TPSA) is 97.4 Å². The molecule has 8 heteroatoms. The number of carbonyl (C=O) groups excluding carboxylic acids is 3. The molecule has 1 aliphatic heterocycles. The van der Waals surface area contributed by atoms with Crippen molar-refractivity contribution < 1.29 is 38.1 Å². The summed E-state index contributed by atoms with van der Waals surface area (Å²) >= 11 is 0. The molecule has 0 N–H and O–H groups in total. The fourth-order valence-electron chi connectivity index (χ4n) is 2.76. The molecule has 1 heterocycles. The molecule has 0 aromatic rings. The zero-order chi connectivity index (χ0) is 22.5. The molecule has 0 radical (unpaired) electrons. The van der Waals surface area contributed by atoms with Crippen LogP contribution in [-0.2, 0) is 38.1 Å². The van der Waals surface area contributed by atoms with Crippen molar-refractivity contribution in [1.82, 2.24) is 0 Å². The van der Waals surface area contributed by atoms with Gasteiger partial charge < -0.3 is 23.7 Å². The van der Waals surface area contributed by atoms with Crippen LogP contribution in [-0.4, -0.2) is 64.2 Å². The maximum atomic E-state index is 12.1. The zero-order valence-corrected chi connectivity index (χ0v) is 18.5. The van der Waals surface area contributed by atoms with Gasteiger partial charge in [-0.2, -0.15) is 0 Å². The van der Waals surface area contributed by atoms with E-state index in [0.29, 0.717) is 0 Å². The van der Waals surface area contributed by atoms with Crippen molar-refractivity contribution in [2.24, 2.45) is 17.8 Å². The van der Waals surface area contributed by atoms with Gasteiger partial charge in [0.1, 0.15) is 19.8 Å². The van der Waals surface area contributed by atoms with E-state index in [9.17, 15) is 14.4 Å². The van der Waals surface area contributed by atoms with Crippen molar-refractivity contribution >= 4 is 17.9 Å². The highest BCUT2D eigenvalue weighted by Crippen LogP contribution is 2.13. The largest absolute Gasteiger partial charge is 0.465 e. The van der Waals surface area contributed by atoms with Gasteiger partial charge in [-0.25, -0.2) is 0 Å². The normalized spacial score (nSPS) is 30.8. The lowest BCUT2D eigenvalue weighted by Crippen LogP contribution is -2.30. The van der Waals surface area contributed by atoms with Gasteiger partial charge in [0.25, 0.3) is 0 Å². The van der Waals surface area contributed by atoms with Crippen LogP contribution in [0.3, 0.4) is 0 Å². The second-order valence-electron chi connectivity index (χ2n) is 7.43. The summed E-state index contributed by atoms with van der Waals surface area (Å²) in [4.78, 5) is 36.0. The fourth-order valence-corrected chi connectivity index (χ4v) is 2.76. The Labute approximate surface area is 178 Å². The molecule has 0 fully saturated rings. The van der Waals surface area contributed by atoms with Gasteiger partial charge in [0.05, 0.1) is 31.0 Å². The number of methoxy groups -OCH3 is 2. The SMILES string of the molecule is CO[C@H]1COC(=O)CC=C[C@H](C)[C@H](OC)COC(=O)[C@@H](C)COC(=O)CC=C[C@@H]1C. The summed E-state index contributed by atoms with van der Waals surface area (Å²) in [5.41, 5.74) is 0. The Kier molecular flexibility index (Phi) is 12.0. The lowest BCUT2D eigenvalue weighted by molar-refractivity contribution is -0.157. The second-order valence-corrected chi connectivity index (χ2v) is 7.43. The summed E-state index contributed by atoms with van der Waals surface area (Å²) in [6, 6.07) is 0. The maximum absolute atomic E-state index is 12.1. The highest BCUT2D eigenvalue weighted by molar-refractivity contribution is 5.74. The van der Waals surface area contributed by atoms with E-state index in [1.165, 1.54) is 7.11 Å². The summed E-state index contributed by atoms with van der Waals surface area (Å²) < 4.78 is 26.5. The van der Waals surface area contributed by atoms with E-state index >= 15 is 0 Å². The van der Waals surface area contributed by atoms with Crippen LogP contribution < -0.4 is 0 Å². The molecule has 1 aliphatic rings. The van der Waals surface area contributed by atoms with Gasteiger partial charge in [0.15, 0.2) is 0 Å². The van der Waals surface area contributed by atoms with E-state index in [1.54, 1.807) is 26.2 Å². The molecule has 0 saturated carbocycles. The quantitative estimate of drug-likeness (QED) is 0.377. The standard InChI is InChI=1S/C22H34O8/c1-15-8-6-10-20(23)28-12-17(3)22(25)30-14-19(27-5)16(2)9-7-11-21(24)29-13-18(15)26-4/h6-9,15-19H,10-14H2,1-5H3/t15-,16-,17-,18-,19+/m0/s1. The Morgan fingerprint density at radius 2 is 1.17 bits per heavy atom. The van der Waals surface area contributed by atoms with E-state index in [0.717, 1.165) is 0 Å². The summed E-state index contributed by atoms with van der Waals surface area (Å²) in [5.74, 6) is -2.03. The average molecular weight is 427 g/mol. The lowest BCUT2D eigenvalue weighted by atomic mass is 10.0. The first-order chi connectivity index (χ1) is 14.3. The summed E-state index contributed by atoms with van der Waals surface area (Å²) in [7, 11) is 3.07. The number of hydrogen-bond acceptors (Lipinski definition) is 8. The smallest absolute Gasteiger partial charge is 0.312 e. The van der Waals surface area contributed by atoms with Crippen molar-refractivity contribution in [3.63, 3.8) is 0 Å². The molecule has 0 aromatic heterocycles. The average Bonchev–Trinajstić information content (AvgIpc) is 2.72. The van der Waals surface area contributed by atoms with Crippen LogP contribution in [0.25, 0.3) is 0 Å². The molecular weight excluding hydrogens is 392 g/mol. The van der Waals surface area contributed by atoms with Crippen LogP contribution in [0, 0.1) is 17.8 Å². The first kappa shape index (κ1) is 25.8. The summed E-state index contributed by atoms with van der Waals surface area (Å²) in [6.07, 6.45) is 6.51. The third-order valence-corrected chi connectivity index (χ3v) is 4.92. The van der Waals surface area contributed by atoms with Gasteiger partial charge in [0, 0.05) is 26.1 Å². The van der Waals surface area contributed by atoms with Gasteiger partial charge in [0.2, 0.25) is 0 Å². The lowest BCUT2D eigenvalue weighted by Gasteiger charge is -2.21. The highest BCUT2D eigenvalue weighted by atomic mass is 16.6. The molecule has 30 heavy (non-hydrogen) atoms. The Balaban J connectivity index is 2.86. The third-order valence-electron chi connectivity index (χ3n) is 4.92. The van der Waals surface area contributed by atoms with Crippen LogP contribution >= 0.6 is 0 Å². The first-order valence-electron chi connectivity index (χ1n) is 10.1. The molecule has 0 spiro atoms. The Bertz CT molecular complexity index is 612. The highest BCUT2D eigenvalue weighted by Gasteiger charge is 2.22. The van der Waals surface area contributed by atoms with E-state index in [1.807, 2.05) is 26.0 Å². The molecule has 8 nitrogen and oxygen atoms in total. The number of ether oxygens (including phenoxy) is 5. The fraction of sp³-hybridized carbons (Fsp3) is 0.682. The van der Waals surface area contributed by atoms with E-state index in [-0.39, 0.29) is 62.7 Å². The van der Waals surface area contributed by atoms with Crippen LogP contribution in [0.4, 0.5) is 0 Å². The van der Waals surface area contributed by atoms with E-state index in [4.69, 9.17) is 23.7 Å². The number of rotatable bonds is 2. The van der Waals surface area contributed by atoms with Crippen LogP contribution in [0.1, 0.15) is 33.6 Å². The van der Waals surface area contributed by atoms with E-state index < -0.39 is 17.9 Å². The predicted molar refractivity (Wildman–Crippen MR) is 109 cm³/mol. The van der Waals surface area contributed by atoms with Crippen LogP contribution in [0.2, 0.25) is 0 Å². The molecule has 170 valence electrons. The Morgan fingerprint density at radius 1 is 0.733 bits per heavy atom. The molecule has 0 saturated heterocycles. The first-order valence-corrected chi connectivity index (χ1v) is 10.1. The minimum atomic E-state index is -0.585. The Morgan fingerprint density at radius 3 is 1.63 bits per heavy atom.